The van der Waals surface area contributed by atoms with Crippen molar-refractivity contribution in [2.24, 2.45) is 0 Å². The molecule has 0 heterocycles. The fourth-order valence-corrected chi connectivity index (χ4v) is 2.82. The average Bonchev–Trinajstić information content (AvgIpc) is 2.81. The molecule has 0 aromatic heterocycles. The molecular formula is C24H29N3O4S. The predicted molar refractivity (Wildman–Crippen MR) is 129 cm³/mol. The van der Waals surface area contributed by atoms with Crippen LogP contribution >= 0.6 is 12.2 Å². The minimum atomic E-state index is -0.405. The molecular weight excluding hydrogens is 426 g/mol. The molecule has 170 valence electrons. The topological polar surface area (TPSA) is 88.7 Å². The van der Waals surface area contributed by atoms with Gasteiger partial charge in [0.25, 0.3) is 11.8 Å². The lowest BCUT2D eigenvalue weighted by Gasteiger charge is -2.11. The first kappa shape index (κ1) is 24.9. The monoisotopic (exact) mass is 455 g/mol. The molecule has 7 nitrogen and oxygen atoms in total. The normalized spacial score (nSPS) is 10.0. The number of hydrogen-bond acceptors (Lipinski definition) is 5. The summed E-state index contributed by atoms with van der Waals surface area (Å²) in [4.78, 5) is 24.5. The van der Waals surface area contributed by atoms with Crippen LogP contribution in [0.1, 0.15) is 53.3 Å². The van der Waals surface area contributed by atoms with Crippen LogP contribution in [-0.4, -0.2) is 30.1 Å². The van der Waals surface area contributed by atoms with Gasteiger partial charge in [-0.15, -0.1) is 0 Å². The highest BCUT2D eigenvalue weighted by Gasteiger charge is 2.10. The summed E-state index contributed by atoms with van der Waals surface area (Å²) in [6.45, 7) is 6.79. The highest BCUT2D eigenvalue weighted by atomic mass is 32.1. The molecule has 2 amide bonds. The first-order valence-electron chi connectivity index (χ1n) is 10.5. The van der Waals surface area contributed by atoms with Crippen LogP contribution in [0.15, 0.2) is 61.2 Å². The van der Waals surface area contributed by atoms with E-state index in [2.05, 4.69) is 29.7 Å². The molecule has 0 unspecified atom stereocenters. The lowest BCUT2D eigenvalue weighted by Crippen LogP contribution is -2.48. The molecule has 2 aromatic carbocycles. The van der Waals surface area contributed by atoms with Gasteiger partial charge in [-0.05, 0) is 67.2 Å². The van der Waals surface area contributed by atoms with Crippen LogP contribution in [-0.2, 0) is 0 Å². The van der Waals surface area contributed by atoms with Crippen molar-refractivity contribution < 1.29 is 19.1 Å². The Morgan fingerprint density at radius 1 is 0.875 bits per heavy atom. The maximum absolute atomic E-state index is 12.3. The fraction of sp³-hybridized carbons (Fsp3) is 0.292. The first-order valence-corrected chi connectivity index (χ1v) is 10.9. The third kappa shape index (κ3) is 8.77. The van der Waals surface area contributed by atoms with Gasteiger partial charge in [-0.25, -0.2) is 0 Å². The second-order valence-electron chi connectivity index (χ2n) is 6.92. The number of ether oxygens (including phenoxy) is 2. The van der Waals surface area contributed by atoms with Crippen LogP contribution in [0.4, 0.5) is 0 Å². The van der Waals surface area contributed by atoms with Crippen molar-refractivity contribution >= 4 is 29.1 Å². The van der Waals surface area contributed by atoms with E-state index in [0.717, 1.165) is 12.8 Å². The summed E-state index contributed by atoms with van der Waals surface area (Å²) in [6, 6.07) is 13.4. The second-order valence-corrected chi connectivity index (χ2v) is 7.33. The zero-order valence-electron chi connectivity index (χ0n) is 18.2. The summed E-state index contributed by atoms with van der Waals surface area (Å²) < 4.78 is 11.0. The highest BCUT2D eigenvalue weighted by Crippen LogP contribution is 2.13. The van der Waals surface area contributed by atoms with Gasteiger partial charge in [0.15, 0.2) is 5.11 Å². The number of unbranched alkanes of at least 4 members (excludes halogenated alkanes) is 3. The third-order valence-corrected chi connectivity index (χ3v) is 4.59. The molecule has 0 saturated carbocycles. The number of amides is 2. The van der Waals surface area contributed by atoms with Gasteiger partial charge in [0, 0.05) is 11.1 Å². The van der Waals surface area contributed by atoms with Gasteiger partial charge in [-0.1, -0.05) is 38.8 Å². The van der Waals surface area contributed by atoms with Crippen molar-refractivity contribution in [1.82, 2.24) is 16.2 Å². The van der Waals surface area contributed by atoms with E-state index >= 15 is 0 Å². The number of rotatable bonds is 11. The minimum Gasteiger partial charge on any atom is -0.494 e. The van der Waals surface area contributed by atoms with Crippen LogP contribution in [0.25, 0.3) is 0 Å². The summed E-state index contributed by atoms with van der Waals surface area (Å²) in [5.74, 6) is 0.546. The summed E-state index contributed by atoms with van der Waals surface area (Å²) >= 11 is 5.07. The first-order chi connectivity index (χ1) is 15.5. The van der Waals surface area contributed by atoms with E-state index in [-0.39, 0.29) is 5.11 Å². The molecule has 8 heteroatoms. The van der Waals surface area contributed by atoms with E-state index < -0.39 is 11.8 Å². The number of carbonyl (C=O) groups excluding carboxylic acids is 2. The van der Waals surface area contributed by atoms with E-state index in [9.17, 15) is 9.59 Å². The summed E-state index contributed by atoms with van der Waals surface area (Å²) in [7, 11) is 0. The Labute approximate surface area is 194 Å². The van der Waals surface area contributed by atoms with Crippen LogP contribution < -0.4 is 25.6 Å². The molecule has 2 rings (SSSR count). The molecule has 3 N–H and O–H groups in total. The van der Waals surface area contributed by atoms with Gasteiger partial charge in [0.2, 0.25) is 0 Å². The van der Waals surface area contributed by atoms with Crippen LogP contribution in [0.2, 0.25) is 0 Å². The zero-order valence-corrected chi connectivity index (χ0v) is 19.0. The number of hydrazine groups is 1. The molecule has 0 aliphatic heterocycles. The van der Waals surface area contributed by atoms with Gasteiger partial charge in [0.05, 0.1) is 6.61 Å². The van der Waals surface area contributed by atoms with Crippen molar-refractivity contribution in [2.75, 3.05) is 13.2 Å². The van der Waals surface area contributed by atoms with E-state index in [4.69, 9.17) is 21.7 Å². The Morgan fingerprint density at radius 3 is 2.06 bits per heavy atom. The molecule has 0 atom stereocenters. The van der Waals surface area contributed by atoms with Crippen LogP contribution in [0.5, 0.6) is 11.5 Å². The molecule has 0 spiro atoms. The molecule has 0 fully saturated rings. The van der Waals surface area contributed by atoms with Gasteiger partial charge in [0.1, 0.15) is 18.1 Å². The Morgan fingerprint density at radius 2 is 1.47 bits per heavy atom. The van der Waals surface area contributed by atoms with Crippen molar-refractivity contribution in [1.29, 1.82) is 0 Å². The number of benzene rings is 2. The van der Waals surface area contributed by atoms with Gasteiger partial charge in [-0.3, -0.25) is 25.8 Å². The molecule has 0 aliphatic rings. The third-order valence-electron chi connectivity index (χ3n) is 4.38. The minimum absolute atomic E-state index is 0.0227. The van der Waals surface area contributed by atoms with Crippen molar-refractivity contribution in [3.05, 3.63) is 72.3 Å². The number of hydrogen-bond donors (Lipinski definition) is 3. The molecule has 32 heavy (non-hydrogen) atoms. The molecule has 0 aliphatic carbocycles. The van der Waals surface area contributed by atoms with E-state index in [1.54, 1.807) is 54.6 Å². The van der Waals surface area contributed by atoms with E-state index in [1.165, 1.54) is 12.8 Å². The zero-order chi connectivity index (χ0) is 23.2. The molecule has 0 bridgehead atoms. The second kappa shape index (κ2) is 13.8. The maximum Gasteiger partial charge on any atom is 0.269 e. The SMILES string of the molecule is C=CCOc1ccc(C(=O)NNC(=S)NC(=O)c2ccc(OCCCCCC)cc2)cc1. The van der Waals surface area contributed by atoms with E-state index in [0.29, 0.717) is 35.8 Å². The van der Waals surface area contributed by atoms with Gasteiger partial charge in [-0.2, -0.15) is 0 Å². The smallest absolute Gasteiger partial charge is 0.269 e. The fourth-order valence-electron chi connectivity index (χ4n) is 2.67. The molecule has 2 aromatic rings. The highest BCUT2D eigenvalue weighted by molar-refractivity contribution is 7.80. The van der Waals surface area contributed by atoms with E-state index in [1.807, 2.05) is 0 Å². The van der Waals surface area contributed by atoms with Crippen LogP contribution in [0.3, 0.4) is 0 Å². The van der Waals surface area contributed by atoms with Crippen LogP contribution in [0, 0.1) is 0 Å². The lowest BCUT2D eigenvalue weighted by molar-refractivity contribution is 0.0934. The van der Waals surface area contributed by atoms with Crippen molar-refractivity contribution in [3.8, 4) is 11.5 Å². The summed E-state index contributed by atoms with van der Waals surface area (Å²) in [5.41, 5.74) is 5.79. The van der Waals surface area contributed by atoms with Crippen molar-refractivity contribution in [3.63, 3.8) is 0 Å². The Balaban J connectivity index is 1.74. The summed E-state index contributed by atoms with van der Waals surface area (Å²) in [6.07, 6.45) is 6.18. The molecule has 0 saturated heterocycles. The lowest BCUT2D eigenvalue weighted by atomic mass is 10.2. The molecule has 0 radical (unpaired) electrons. The predicted octanol–water partition coefficient (Wildman–Crippen LogP) is 4.16. The Hall–Kier alpha value is -3.39. The number of nitrogens with one attached hydrogen (secondary N) is 3. The van der Waals surface area contributed by atoms with Crippen molar-refractivity contribution in [2.45, 2.75) is 32.6 Å². The maximum atomic E-state index is 12.3. The Bertz CT molecular complexity index is 898. The standard InChI is InChI=1S/C24H29N3O4S/c1-3-5-6-7-17-31-21-12-8-18(9-13-21)22(28)25-24(32)27-26-23(29)19-10-14-20(15-11-19)30-16-4-2/h4,8-15H,2-3,5-7,16-17H2,1H3,(H,26,29)(H2,25,27,28,32). The quantitative estimate of drug-likeness (QED) is 0.204. The number of thiocarbonyl (C=S) groups is 1. The largest absolute Gasteiger partial charge is 0.494 e. The number of carbonyl (C=O) groups is 2. The average molecular weight is 456 g/mol. The summed E-state index contributed by atoms with van der Waals surface area (Å²) in [5, 5.41) is 2.49. The van der Waals surface area contributed by atoms with Gasteiger partial charge >= 0.3 is 0 Å². The Kier molecular flexibility index (Phi) is 10.7. The van der Waals surface area contributed by atoms with Gasteiger partial charge < -0.3 is 9.47 Å².